The molecule has 0 aliphatic carbocycles. The molecule has 1 atom stereocenters. The Kier molecular flexibility index (Phi) is 4.46. The summed E-state index contributed by atoms with van der Waals surface area (Å²) in [6.07, 6.45) is 3.90. The van der Waals surface area contributed by atoms with Gasteiger partial charge in [0.2, 0.25) is 0 Å². The lowest BCUT2D eigenvalue weighted by molar-refractivity contribution is 0.409. The van der Waals surface area contributed by atoms with Crippen molar-refractivity contribution in [3.05, 3.63) is 71.1 Å². The average Bonchev–Trinajstić information content (AvgIpc) is 2.90. The van der Waals surface area contributed by atoms with Gasteiger partial charge in [0.25, 0.3) is 0 Å². The molecule has 0 aliphatic heterocycles. The van der Waals surface area contributed by atoms with Crippen molar-refractivity contribution >= 4 is 17.2 Å². The van der Waals surface area contributed by atoms with Crippen molar-refractivity contribution < 1.29 is 0 Å². The summed E-state index contributed by atoms with van der Waals surface area (Å²) >= 11 is 6.01. The first-order valence-electron chi connectivity index (χ1n) is 7.55. The van der Waals surface area contributed by atoms with Crippen molar-refractivity contribution in [3.63, 3.8) is 0 Å². The van der Waals surface area contributed by atoms with Gasteiger partial charge in [0.05, 0.1) is 10.7 Å². The molecule has 2 aromatic heterocycles. The molecule has 0 radical (unpaired) electrons. The molecule has 0 spiro atoms. The molecule has 3 rings (SSSR count). The van der Waals surface area contributed by atoms with Gasteiger partial charge in [0.1, 0.15) is 5.65 Å². The molecule has 0 saturated carbocycles. The number of nitrogens with one attached hydrogen (secondary N) is 1. The third-order valence-electron chi connectivity index (χ3n) is 3.79. The lowest BCUT2D eigenvalue weighted by Crippen LogP contribution is -2.25. The maximum absolute atomic E-state index is 6.01. The summed E-state index contributed by atoms with van der Waals surface area (Å²) in [7, 11) is 0. The second kappa shape index (κ2) is 6.51. The van der Waals surface area contributed by atoms with Crippen molar-refractivity contribution in [2.75, 3.05) is 0 Å². The monoisotopic (exact) mass is 313 g/mol. The number of aromatic nitrogens is 2. The fourth-order valence-electron chi connectivity index (χ4n) is 2.72. The minimum atomic E-state index is 0.314. The van der Waals surface area contributed by atoms with Gasteiger partial charge in [0.15, 0.2) is 0 Å². The molecule has 0 saturated heterocycles. The van der Waals surface area contributed by atoms with E-state index in [4.69, 9.17) is 11.6 Å². The summed E-state index contributed by atoms with van der Waals surface area (Å²) in [6, 6.07) is 14.7. The van der Waals surface area contributed by atoms with Crippen molar-refractivity contribution in [2.24, 2.45) is 5.92 Å². The van der Waals surface area contributed by atoms with Crippen LogP contribution in [0.25, 0.3) is 5.65 Å². The largest absolute Gasteiger partial charge is 0.305 e. The molecule has 3 aromatic rings. The third kappa shape index (κ3) is 3.32. The summed E-state index contributed by atoms with van der Waals surface area (Å²) < 4.78 is 1.96. The van der Waals surface area contributed by atoms with Crippen LogP contribution in [0.3, 0.4) is 0 Å². The number of benzene rings is 1. The minimum absolute atomic E-state index is 0.314. The van der Waals surface area contributed by atoms with E-state index in [1.54, 1.807) is 0 Å². The Balaban J connectivity index is 1.76. The van der Waals surface area contributed by atoms with Gasteiger partial charge in [-0.15, -0.1) is 0 Å². The van der Waals surface area contributed by atoms with E-state index in [0.717, 1.165) is 17.9 Å². The van der Waals surface area contributed by atoms with Gasteiger partial charge >= 0.3 is 0 Å². The highest BCUT2D eigenvalue weighted by Crippen LogP contribution is 2.22. The molecule has 0 fully saturated rings. The van der Waals surface area contributed by atoms with Crippen LogP contribution >= 0.6 is 11.6 Å². The summed E-state index contributed by atoms with van der Waals surface area (Å²) in [5, 5.41) is 4.33. The number of pyridine rings is 1. The molecule has 0 bridgehead atoms. The van der Waals surface area contributed by atoms with Gasteiger partial charge in [-0.05, 0) is 23.6 Å². The summed E-state index contributed by atoms with van der Waals surface area (Å²) in [4.78, 5) is 4.62. The van der Waals surface area contributed by atoms with Gasteiger partial charge in [-0.2, -0.15) is 0 Å². The number of hydrogen-bond acceptors (Lipinski definition) is 2. The molecule has 1 unspecified atom stereocenters. The van der Waals surface area contributed by atoms with E-state index in [2.05, 4.69) is 48.4 Å². The lowest BCUT2D eigenvalue weighted by atomic mass is 9.96. The quantitative estimate of drug-likeness (QED) is 0.753. The number of hydrogen-bond donors (Lipinski definition) is 1. The van der Waals surface area contributed by atoms with Gasteiger partial charge in [-0.25, -0.2) is 4.98 Å². The Morgan fingerprint density at radius 1 is 1.09 bits per heavy atom. The highest BCUT2D eigenvalue weighted by atomic mass is 35.5. The van der Waals surface area contributed by atoms with Gasteiger partial charge in [-0.1, -0.05) is 55.8 Å². The van der Waals surface area contributed by atoms with Crippen LogP contribution in [-0.2, 0) is 6.54 Å². The number of rotatable bonds is 5. The first kappa shape index (κ1) is 15.1. The zero-order valence-electron chi connectivity index (χ0n) is 12.8. The molecule has 4 heteroatoms. The standard InChI is InChI=1S/C18H20ClN3/c1-13(2)18(14-6-4-3-5-7-14)20-10-16-12-22-11-15(19)8-9-17(22)21-16/h3-9,11-13,18,20H,10H2,1-2H3. The zero-order valence-corrected chi connectivity index (χ0v) is 13.6. The molecule has 2 heterocycles. The molecule has 3 nitrogen and oxygen atoms in total. The molecular weight excluding hydrogens is 294 g/mol. The Labute approximate surface area is 136 Å². The van der Waals surface area contributed by atoms with Gasteiger partial charge in [-0.3, -0.25) is 0 Å². The molecule has 0 aliphatic rings. The van der Waals surface area contributed by atoms with Crippen molar-refractivity contribution in [2.45, 2.75) is 26.4 Å². The first-order valence-corrected chi connectivity index (χ1v) is 7.93. The first-order chi connectivity index (χ1) is 10.6. The SMILES string of the molecule is CC(C)C(NCc1cn2cc(Cl)ccc2n1)c1ccccc1. The van der Waals surface area contributed by atoms with Crippen LogP contribution in [0.2, 0.25) is 5.02 Å². The molecule has 1 N–H and O–H groups in total. The van der Waals surface area contributed by atoms with E-state index >= 15 is 0 Å². The second-order valence-corrected chi connectivity index (χ2v) is 6.29. The number of nitrogens with zero attached hydrogens (tertiary/aromatic N) is 2. The highest BCUT2D eigenvalue weighted by Gasteiger charge is 2.15. The fourth-order valence-corrected chi connectivity index (χ4v) is 2.88. The Morgan fingerprint density at radius 3 is 2.59 bits per heavy atom. The third-order valence-corrected chi connectivity index (χ3v) is 4.02. The number of imidazole rings is 1. The Hall–Kier alpha value is -1.84. The molecule has 22 heavy (non-hydrogen) atoms. The zero-order chi connectivity index (χ0) is 15.5. The fraction of sp³-hybridized carbons (Fsp3) is 0.278. The Morgan fingerprint density at radius 2 is 1.86 bits per heavy atom. The predicted molar refractivity (Wildman–Crippen MR) is 91.1 cm³/mol. The van der Waals surface area contributed by atoms with E-state index in [-0.39, 0.29) is 0 Å². The van der Waals surface area contributed by atoms with Gasteiger partial charge in [0, 0.05) is 25.0 Å². The van der Waals surface area contributed by atoms with Crippen LogP contribution in [0.4, 0.5) is 0 Å². The van der Waals surface area contributed by atoms with Crippen LogP contribution in [0.5, 0.6) is 0 Å². The van der Waals surface area contributed by atoms with Crippen molar-refractivity contribution in [1.29, 1.82) is 0 Å². The molecule has 114 valence electrons. The Bertz CT molecular complexity index is 749. The second-order valence-electron chi connectivity index (χ2n) is 5.86. The van der Waals surface area contributed by atoms with Gasteiger partial charge < -0.3 is 9.72 Å². The normalized spacial score (nSPS) is 12.9. The predicted octanol–water partition coefficient (Wildman–Crippen LogP) is 4.47. The van der Waals surface area contributed by atoms with E-state index in [0.29, 0.717) is 17.0 Å². The van der Waals surface area contributed by atoms with Crippen LogP contribution < -0.4 is 5.32 Å². The topological polar surface area (TPSA) is 29.3 Å². The van der Waals surface area contributed by atoms with E-state index < -0.39 is 0 Å². The molecule has 0 amide bonds. The van der Waals surface area contributed by atoms with Crippen molar-refractivity contribution in [3.8, 4) is 0 Å². The molecule has 1 aromatic carbocycles. The maximum Gasteiger partial charge on any atom is 0.137 e. The average molecular weight is 314 g/mol. The van der Waals surface area contributed by atoms with Crippen molar-refractivity contribution in [1.82, 2.24) is 14.7 Å². The van der Waals surface area contributed by atoms with Crippen LogP contribution in [-0.4, -0.2) is 9.38 Å². The highest BCUT2D eigenvalue weighted by molar-refractivity contribution is 6.30. The van der Waals surface area contributed by atoms with Crippen LogP contribution in [0.15, 0.2) is 54.9 Å². The smallest absolute Gasteiger partial charge is 0.137 e. The van der Waals surface area contributed by atoms with Crippen LogP contribution in [0, 0.1) is 5.92 Å². The summed E-state index contributed by atoms with van der Waals surface area (Å²) in [6.45, 7) is 5.19. The van der Waals surface area contributed by atoms with E-state index in [1.807, 2.05) is 35.0 Å². The number of fused-ring (bicyclic) bond motifs is 1. The minimum Gasteiger partial charge on any atom is -0.305 e. The summed E-state index contributed by atoms with van der Waals surface area (Å²) in [5.41, 5.74) is 3.25. The van der Waals surface area contributed by atoms with E-state index in [9.17, 15) is 0 Å². The van der Waals surface area contributed by atoms with Crippen LogP contribution in [0.1, 0.15) is 31.1 Å². The maximum atomic E-state index is 6.01. The number of halogens is 1. The van der Waals surface area contributed by atoms with E-state index in [1.165, 1.54) is 5.56 Å². The molecular formula is C18H20ClN3. The summed E-state index contributed by atoms with van der Waals surface area (Å²) in [5.74, 6) is 0.508. The lowest BCUT2D eigenvalue weighted by Gasteiger charge is -2.22.